The molecular formula is C17H26F2N2. The Bertz CT molecular complexity index is 450. The lowest BCUT2D eigenvalue weighted by molar-refractivity contribution is 0.188. The summed E-state index contributed by atoms with van der Waals surface area (Å²) in [6, 6.07) is 4.51. The first-order valence-electron chi connectivity index (χ1n) is 7.99. The average Bonchev–Trinajstić information content (AvgIpc) is 2.64. The van der Waals surface area contributed by atoms with Gasteiger partial charge in [0.25, 0.3) is 0 Å². The molecule has 0 aromatic heterocycles. The van der Waals surface area contributed by atoms with Crippen molar-refractivity contribution in [3.63, 3.8) is 0 Å². The molecule has 1 saturated heterocycles. The largest absolute Gasteiger partial charge is 0.316 e. The molecule has 1 aliphatic rings. The van der Waals surface area contributed by atoms with E-state index in [0.29, 0.717) is 5.92 Å². The van der Waals surface area contributed by atoms with Gasteiger partial charge in [0.2, 0.25) is 0 Å². The van der Waals surface area contributed by atoms with Gasteiger partial charge in [0.15, 0.2) is 11.6 Å². The normalized spacial score (nSPS) is 24.0. The Labute approximate surface area is 126 Å². The Morgan fingerprint density at radius 2 is 2.05 bits per heavy atom. The second-order valence-electron chi connectivity index (χ2n) is 6.06. The van der Waals surface area contributed by atoms with Gasteiger partial charge in [0, 0.05) is 6.04 Å². The minimum absolute atomic E-state index is 0.159. The number of benzene rings is 1. The number of rotatable bonds is 5. The number of likely N-dealkylation sites (tertiary alicyclic amines) is 1. The van der Waals surface area contributed by atoms with E-state index in [1.165, 1.54) is 25.0 Å². The lowest BCUT2D eigenvalue weighted by Crippen LogP contribution is -2.35. The van der Waals surface area contributed by atoms with E-state index in [0.717, 1.165) is 38.0 Å². The van der Waals surface area contributed by atoms with Gasteiger partial charge in [-0.3, -0.25) is 4.90 Å². The molecule has 0 spiro atoms. The number of nitrogens with zero attached hydrogens (tertiary/aromatic N) is 1. The minimum atomic E-state index is -0.768. The van der Waals surface area contributed by atoms with Gasteiger partial charge in [-0.1, -0.05) is 19.4 Å². The number of nitrogens with one attached hydrogen (secondary N) is 1. The van der Waals surface area contributed by atoms with Gasteiger partial charge in [0.1, 0.15) is 0 Å². The average molecular weight is 296 g/mol. The van der Waals surface area contributed by atoms with Crippen LogP contribution in [-0.2, 0) is 0 Å². The fourth-order valence-electron chi connectivity index (χ4n) is 3.33. The van der Waals surface area contributed by atoms with Crippen molar-refractivity contribution < 1.29 is 8.78 Å². The number of halogens is 2. The van der Waals surface area contributed by atoms with Gasteiger partial charge in [-0.25, -0.2) is 8.78 Å². The molecule has 1 aromatic rings. The first kappa shape index (κ1) is 16.4. The van der Waals surface area contributed by atoms with Crippen LogP contribution in [0.1, 0.15) is 44.2 Å². The summed E-state index contributed by atoms with van der Waals surface area (Å²) in [7, 11) is 2.09. The number of hydrogen-bond acceptors (Lipinski definition) is 2. The van der Waals surface area contributed by atoms with Crippen LogP contribution in [0.5, 0.6) is 0 Å². The fraction of sp³-hybridized carbons (Fsp3) is 0.647. The molecule has 4 heteroatoms. The van der Waals surface area contributed by atoms with E-state index >= 15 is 0 Å². The Kier molecular flexibility index (Phi) is 6.12. The van der Waals surface area contributed by atoms with Crippen LogP contribution < -0.4 is 5.32 Å². The summed E-state index contributed by atoms with van der Waals surface area (Å²) in [6.07, 6.45) is 4.60. The summed E-state index contributed by atoms with van der Waals surface area (Å²) >= 11 is 0. The molecule has 1 aromatic carbocycles. The summed E-state index contributed by atoms with van der Waals surface area (Å²) in [5, 5.41) is 3.48. The van der Waals surface area contributed by atoms with E-state index in [2.05, 4.69) is 24.2 Å². The van der Waals surface area contributed by atoms with E-state index in [9.17, 15) is 8.78 Å². The second-order valence-corrected chi connectivity index (χ2v) is 6.06. The van der Waals surface area contributed by atoms with Gasteiger partial charge in [-0.2, -0.15) is 0 Å². The molecule has 2 nitrogen and oxygen atoms in total. The summed E-state index contributed by atoms with van der Waals surface area (Å²) in [6.45, 7) is 5.10. The highest BCUT2D eigenvalue weighted by Gasteiger charge is 2.29. The molecule has 0 amide bonds. The summed E-state index contributed by atoms with van der Waals surface area (Å²) in [5.41, 5.74) is 0.890. The molecule has 0 bridgehead atoms. The van der Waals surface area contributed by atoms with Crippen LogP contribution in [0.3, 0.4) is 0 Å². The Morgan fingerprint density at radius 3 is 2.76 bits per heavy atom. The quantitative estimate of drug-likeness (QED) is 0.833. The minimum Gasteiger partial charge on any atom is -0.316 e. The highest BCUT2D eigenvalue weighted by atomic mass is 19.2. The second kappa shape index (κ2) is 7.85. The first-order chi connectivity index (χ1) is 10.1. The fourth-order valence-corrected chi connectivity index (χ4v) is 3.33. The smallest absolute Gasteiger partial charge is 0.159 e. The predicted octanol–water partition coefficient (Wildman–Crippen LogP) is 3.74. The Balaban J connectivity index is 2.20. The molecule has 0 radical (unpaired) electrons. The maximum absolute atomic E-state index is 13.6. The molecule has 0 aliphatic carbocycles. The van der Waals surface area contributed by atoms with E-state index in [1.807, 2.05) is 0 Å². The molecule has 1 N–H and O–H groups in total. The topological polar surface area (TPSA) is 15.3 Å². The predicted molar refractivity (Wildman–Crippen MR) is 82.2 cm³/mol. The van der Waals surface area contributed by atoms with Gasteiger partial charge >= 0.3 is 0 Å². The molecule has 2 rings (SSSR count). The summed E-state index contributed by atoms with van der Waals surface area (Å²) < 4.78 is 26.8. The van der Waals surface area contributed by atoms with Gasteiger partial charge < -0.3 is 5.32 Å². The van der Waals surface area contributed by atoms with Crippen LogP contribution in [0.25, 0.3) is 0 Å². The van der Waals surface area contributed by atoms with Crippen LogP contribution in [0.4, 0.5) is 8.78 Å². The van der Waals surface area contributed by atoms with Gasteiger partial charge in [-0.05, 0) is 69.6 Å². The monoisotopic (exact) mass is 296 g/mol. The molecule has 21 heavy (non-hydrogen) atoms. The third-order valence-electron chi connectivity index (χ3n) is 4.38. The standard InChI is InChI=1S/C17H26F2N2/c1-3-9-20-12-14-6-4-5-10-21(2)17(14)13-7-8-15(18)16(19)11-13/h7-8,11,14,17,20H,3-6,9-10,12H2,1-2H3. The summed E-state index contributed by atoms with van der Waals surface area (Å²) in [5.74, 6) is -1.07. The van der Waals surface area contributed by atoms with Crippen molar-refractivity contribution in [1.29, 1.82) is 0 Å². The van der Waals surface area contributed by atoms with Crippen LogP contribution in [0, 0.1) is 17.6 Å². The molecule has 1 heterocycles. The van der Waals surface area contributed by atoms with Crippen molar-refractivity contribution in [2.24, 2.45) is 5.92 Å². The van der Waals surface area contributed by atoms with Gasteiger partial charge in [-0.15, -0.1) is 0 Å². The highest BCUT2D eigenvalue weighted by molar-refractivity contribution is 5.22. The molecule has 2 atom stereocenters. The van der Waals surface area contributed by atoms with Crippen molar-refractivity contribution in [1.82, 2.24) is 10.2 Å². The van der Waals surface area contributed by atoms with Gasteiger partial charge in [0.05, 0.1) is 0 Å². The Hall–Kier alpha value is -1.00. The zero-order valence-electron chi connectivity index (χ0n) is 13.0. The zero-order valence-corrected chi connectivity index (χ0v) is 13.0. The molecular weight excluding hydrogens is 270 g/mol. The maximum Gasteiger partial charge on any atom is 0.159 e. The van der Waals surface area contributed by atoms with E-state index in [-0.39, 0.29) is 6.04 Å². The SMILES string of the molecule is CCCNCC1CCCCN(C)C1c1ccc(F)c(F)c1. The summed E-state index contributed by atoms with van der Waals surface area (Å²) in [4.78, 5) is 2.29. The van der Waals surface area contributed by atoms with Crippen molar-refractivity contribution in [2.45, 2.75) is 38.6 Å². The van der Waals surface area contributed by atoms with Crippen molar-refractivity contribution in [2.75, 3.05) is 26.7 Å². The van der Waals surface area contributed by atoms with Crippen LogP contribution in [0.15, 0.2) is 18.2 Å². The lowest BCUT2D eigenvalue weighted by atomic mass is 9.89. The van der Waals surface area contributed by atoms with Crippen LogP contribution in [0.2, 0.25) is 0 Å². The van der Waals surface area contributed by atoms with Crippen molar-refractivity contribution >= 4 is 0 Å². The molecule has 0 saturated carbocycles. The maximum atomic E-state index is 13.6. The Morgan fingerprint density at radius 1 is 1.24 bits per heavy atom. The zero-order chi connectivity index (χ0) is 15.2. The van der Waals surface area contributed by atoms with Crippen LogP contribution >= 0.6 is 0 Å². The highest BCUT2D eigenvalue weighted by Crippen LogP contribution is 2.34. The molecule has 2 unspecified atom stereocenters. The number of hydrogen-bond donors (Lipinski definition) is 1. The molecule has 1 fully saturated rings. The first-order valence-corrected chi connectivity index (χ1v) is 7.99. The van der Waals surface area contributed by atoms with E-state index < -0.39 is 11.6 Å². The third kappa shape index (κ3) is 4.24. The van der Waals surface area contributed by atoms with Crippen molar-refractivity contribution in [3.05, 3.63) is 35.4 Å². The van der Waals surface area contributed by atoms with E-state index in [1.54, 1.807) is 6.07 Å². The lowest BCUT2D eigenvalue weighted by Gasteiger charge is -2.33. The van der Waals surface area contributed by atoms with E-state index in [4.69, 9.17) is 0 Å². The van der Waals surface area contributed by atoms with Crippen LogP contribution in [-0.4, -0.2) is 31.6 Å². The van der Waals surface area contributed by atoms with Crippen molar-refractivity contribution in [3.8, 4) is 0 Å². The molecule has 118 valence electrons. The third-order valence-corrected chi connectivity index (χ3v) is 4.38. The molecule has 1 aliphatic heterocycles.